The summed E-state index contributed by atoms with van der Waals surface area (Å²) >= 11 is 0. The second-order valence-corrected chi connectivity index (χ2v) is 7.99. The Morgan fingerprint density at radius 3 is 1.22 bits per heavy atom. The number of halogens is 13. The number of ether oxygens (including phenoxy) is 3. The Labute approximate surface area is 199 Å². The molecule has 0 atom stereocenters. The van der Waals surface area contributed by atoms with Gasteiger partial charge in [-0.1, -0.05) is 38.5 Å². The van der Waals surface area contributed by atoms with Crippen LogP contribution in [-0.2, 0) is 14.2 Å². The van der Waals surface area contributed by atoms with E-state index in [0.29, 0.717) is 32.7 Å². The van der Waals surface area contributed by atoms with E-state index >= 15 is 0 Å². The van der Waals surface area contributed by atoms with Gasteiger partial charge in [0.1, 0.15) is 6.61 Å². The first-order valence-corrected chi connectivity index (χ1v) is 10.9. The molecule has 0 heterocycles. The molecular weight excluding hydrogens is 535 g/mol. The second kappa shape index (κ2) is 14.2. The molecule has 0 radical (unpaired) electrons. The zero-order valence-electron chi connectivity index (χ0n) is 19.3. The molecule has 0 aliphatic rings. The van der Waals surface area contributed by atoms with Gasteiger partial charge in [-0.25, -0.2) is 0 Å². The predicted molar refractivity (Wildman–Crippen MR) is 101 cm³/mol. The molecule has 0 spiro atoms. The summed E-state index contributed by atoms with van der Waals surface area (Å²) in [6.45, 7) is -1.72. The Morgan fingerprint density at radius 2 is 0.806 bits per heavy atom. The summed E-state index contributed by atoms with van der Waals surface area (Å²) in [6, 6.07) is 0. The lowest BCUT2D eigenvalue weighted by molar-refractivity contribution is -0.441. The first-order chi connectivity index (χ1) is 16.3. The van der Waals surface area contributed by atoms with E-state index in [2.05, 4.69) is 4.74 Å². The molecule has 0 amide bonds. The van der Waals surface area contributed by atoms with Crippen molar-refractivity contribution in [3.63, 3.8) is 0 Å². The highest BCUT2D eigenvalue weighted by Crippen LogP contribution is 2.60. The van der Waals surface area contributed by atoms with E-state index in [0.717, 1.165) is 32.1 Å². The molecule has 0 rings (SSSR count). The molecule has 0 aliphatic carbocycles. The molecule has 0 unspecified atom stereocenters. The van der Waals surface area contributed by atoms with E-state index in [1.807, 2.05) is 0 Å². The van der Waals surface area contributed by atoms with Gasteiger partial charge in [0.2, 0.25) is 0 Å². The van der Waals surface area contributed by atoms with Crippen molar-refractivity contribution >= 4 is 0 Å². The largest absolute Gasteiger partial charge is 0.460 e. The van der Waals surface area contributed by atoms with Crippen LogP contribution in [0.25, 0.3) is 0 Å². The van der Waals surface area contributed by atoms with E-state index in [4.69, 9.17) is 9.47 Å². The maximum Gasteiger partial charge on any atom is 0.460 e. The highest BCUT2D eigenvalue weighted by Gasteiger charge is 2.90. The van der Waals surface area contributed by atoms with Gasteiger partial charge in [0, 0.05) is 20.3 Å². The summed E-state index contributed by atoms with van der Waals surface area (Å²) in [7, 11) is 1.55. The first kappa shape index (κ1) is 35.0. The van der Waals surface area contributed by atoms with Crippen LogP contribution < -0.4 is 0 Å². The number of alkyl halides is 13. The molecule has 218 valence electrons. The van der Waals surface area contributed by atoms with Crippen molar-refractivity contribution in [1.29, 1.82) is 0 Å². The Morgan fingerprint density at radius 1 is 0.417 bits per heavy atom. The number of unbranched alkanes of at least 4 members (excludes halogenated alkanes) is 7. The molecule has 0 saturated heterocycles. The van der Waals surface area contributed by atoms with Crippen molar-refractivity contribution in [1.82, 2.24) is 0 Å². The Hall–Kier alpha value is -1.03. The normalized spacial score (nSPS) is 14.5. The third-order valence-corrected chi connectivity index (χ3v) is 5.04. The first-order valence-electron chi connectivity index (χ1n) is 10.9. The fourth-order valence-electron chi connectivity index (χ4n) is 2.81. The number of rotatable bonds is 20. The molecule has 0 aromatic heterocycles. The molecule has 16 heteroatoms. The van der Waals surface area contributed by atoms with E-state index < -0.39 is 49.0 Å². The average molecular weight is 564 g/mol. The van der Waals surface area contributed by atoms with Crippen molar-refractivity contribution in [2.75, 3.05) is 40.1 Å². The monoisotopic (exact) mass is 564 g/mol. The molecule has 0 N–H and O–H groups in total. The van der Waals surface area contributed by atoms with Crippen LogP contribution in [0.5, 0.6) is 0 Å². The van der Waals surface area contributed by atoms with Crippen molar-refractivity contribution in [2.45, 2.75) is 87.2 Å². The zero-order valence-corrected chi connectivity index (χ0v) is 19.3. The molecule has 0 aromatic carbocycles. The van der Waals surface area contributed by atoms with Crippen LogP contribution in [-0.4, -0.2) is 75.9 Å². The quantitative estimate of drug-likeness (QED) is 0.113. The van der Waals surface area contributed by atoms with Gasteiger partial charge in [-0.05, 0) is 12.8 Å². The lowest BCUT2D eigenvalue weighted by atomic mass is 9.94. The van der Waals surface area contributed by atoms with Crippen LogP contribution in [0.1, 0.15) is 51.4 Å². The van der Waals surface area contributed by atoms with Crippen molar-refractivity contribution in [2.24, 2.45) is 0 Å². The van der Waals surface area contributed by atoms with Crippen molar-refractivity contribution < 1.29 is 71.3 Å². The molecule has 0 bridgehead atoms. The third-order valence-electron chi connectivity index (χ3n) is 5.04. The summed E-state index contributed by atoms with van der Waals surface area (Å²) in [4.78, 5) is 0. The summed E-state index contributed by atoms with van der Waals surface area (Å²) < 4.78 is 183. The highest BCUT2D eigenvalue weighted by atomic mass is 19.4. The minimum Gasteiger partial charge on any atom is -0.382 e. The van der Waals surface area contributed by atoms with Crippen LogP contribution in [0, 0.1) is 0 Å². The fourth-order valence-corrected chi connectivity index (χ4v) is 2.81. The molecule has 3 nitrogen and oxygen atoms in total. The van der Waals surface area contributed by atoms with Gasteiger partial charge in [0.05, 0.1) is 13.2 Å². The van der Waals surface area contributed by atoms with Gasteiger partial charge in [0.25, 0.3) is 0 Å². The van der Waals surface area contributed by atoms with Crippen LogP contribution in [0.2, 0.25) is 0 Å². The molecule has 36 heavy (non-hydrogen) atoms. The summed E-state index contributed by atoms with van der Waals surface area (Å²) in [5.41, 5.74) is 0. The van der Waals surface area contributed by atoms with Crippen molar-refractivity contribution in [3.05, 3.63) is 0 Å². The Kier molecular flexibility index (Phi) is 13.8. The van der Waals surface area contributed by atoms with Gasteiger partial charge in [-0.15, -0.1) is 0 Å². The summed E-state index contributed by atoms with van der Waals surface area (Å²) in [5, 5.41) is 0. The topological polar surface area (TPSA) is 27.7 Å². The SMILES string of the molecule is COCCOCCCCCCCCCCOCC(F)(F)C(F)(F)C(F)(F)C(F)(F)C(F)(F)C(F)(F)F. The predicted octanol–water partition coefficient (Wildman–Crippen LogP) is 7.53. The van der Waals surface area contributed by atoms with Crippen LogP contribution in [0.3, 0.4) is 0 Å². The average Bonchev–Trinajstić information content (AvgIpc) is 2.75. The minimum atomic E-state index is -7.89. The van der Waals surface area contributed by atoms with E-state index in [1.54, 1.807) is 7.11 Å². The second-order valence-electron chi connectivity index (χ2n) is 7.99. The number of methoxy groups -OCH3 is 1. The highest BCUT2D eigenvalue weighted by molar-refractivity contribution is 5.10. The van der Waals surface area contributed by atoms with Crippen LogP contribution in [0.4, 0.5) is 57.1 Å². The van der Waals surface area contributed by atoms with Gasteiger partial charge in [-0.3, -0.25) is 0 Å². The lowest BCUT2D eigenvalue weighted by Gasteiger charge is -2.39. The Balaban J connectivity index is 4.45. The molecule has 0 aliphatic heterocycles. The summed E-state index contributed by atoms with van der Waals surface area (Å²) in [6.07, 6.45) is -2.30. The Bertz CT molecular complexity index is 610. The zero-order chi connectivity index (χ0) is 28.3. The summed E-state index contributed by atoms with van der Waals surface area (Å²) in [5.74, 6) is -36.9. The van der Waals surface area contributed by atoms with Gasteiger partial charge >= 0.3 is 35.8 Å². The van der Waals surface area contributed by atoms with Crippen LogP contribution >= 0.6 is 0 Å². The standard InChI is InChI=1S/C20H29F13O3/c1-34-12-13-35-10-8-6-4-2-3-5-7-9-11-36-14-15(21,22)16(23,24)17(25,26)18(27,28)19(29,30)20(31,32)33/h2-14H2,1H3. The van der Waals surface area contributed by atoms with E-state index in [-0.39, 0.29) is 6.42 Å². The molecule has 0 saturated carbocycles. The maximum absolute atomic E-state index is 13.5. The van der Waals surface area contributed by atoms with Crippen LogP contribution in [0.15, 0.2) is 0 Å². The van der Waals surface area contributed by atoms with Crippen molar-refractivity contribution in [3.8, 4) is 0 Å². The third kappa shape index (κ3) is 8.77. The molecule has 0 fully saturated rings. The molecular formula is C20H29F13O3. The van der Waals surface area contributed by atoms with E-state index in [1.165, 1.54) is 0 Å². The lowest BCUT2D eigenvalue weighted by Crippen LogP contribution is -2.70. The fraction of sp³-hybridized carbons (Fsp3) is 1.00. The maximum atomic E-state index is 13.5. The molecule has 0 aromatic rings. The number of hydrogen-bond donors (Lipinski definition) is 0. The smallest absolute Gasteiger partial charge is 0.382 e. The minimum absolute atomic E-state index is 0.00626. The van der Waals surface area contributed by atoms with E-state index in [9.17, 15) is 57.1 Å². The van der Waals surface area contributed by atoms with Gasteiger partial charge < -0.3 is 14.2 Å². The van der Waals surface area contributed by atoms with Gasteiger partial charge in [0.15, 0.2) is 0 Å². The number of hydrogen-bond acceptors (Lipinski definition) is 3. The van der Waals surface area contributed by atoms with Gasteiger partial charge in [-0.2, -0.15) is 57.1 Å².